The Labute approximate surface area is 205 Å². The van der Waals surface area contributed by atoms with Crippen molar-refractivity contribution in [2.24, 2.45) is 5.92 Å². The number of anilines is 1. The summed E-state index contributed by atoms with van der Waals surface area (Å²) in [5.74, 6) is -0.450. The van der Waals surface area contributed by atoms with Gasteiger partial charge in [-0.1, -0.05) is 43.4 Å². The molecule has 1 aliphatic rings. The van der Waals surface area contributed by atoms with Crippen LogP contribution in [0.1, 0.15) is 64.4 Å². The van der Waals surface area contributed by atoms with E-state index in [1.165, 1.54) is 10.7 Å². The van der Waals surface area contributed by atoms with Crippen LogP contribution in [0, 0.1) is 5.92 Å². The number of benzene rings is 1. The van der Waals surface area contributed by atoms with Gasteiger partial charge in [-0.2, -0.15) is 5.10 Å². The van der Waals surface area contributed by atoms with Crippen molar-refractivity contribution in [3.05, 3.63) is 41.0 Å². The number of ether oxygens (including phenoxy) is 1. The largest absolute Gasteiger partial charge is 0.459 e. The molecule has 186 valence electrons. The molecule has 1 aromatic carbocycles. The number of aromatic nitrogens is 2. The number of hydrogen-bond donors (Lipinski definition) is 1. The average molecular weight is 510 g/mol. The quantitative estimate of drug-likeness (QED) is 0.522. The molecule has 1 N–H and O–H groups in total. The summed E-state index contributed by atoms with van der Waals surface area (Å²) in [6, 6.07) is 6.30. The third-order valence-electron chi connectivity index (χ3n) is 5.72. The van der Waals surface area contributed by atoms with E-state index in [0.717, 1.165) is 31.9 Å². The van der Waals surface area contributed by atoms with Crippen LogP contribution in [-0.4, -0.2) is 41.9 Å². The molecule has 1 saturated carbocycles. The lowest BCUT2D eigenvalue weighted by Crippen LogP contribution is -2.27. The van der Waals surface area contributed by atoms with Gasteiger partial charge in [0.15, 0.2) is 15.7 Å². The van der Waals surface area contributed by atoms with E-state index in [1.54, 1.807) is 45.2 Å². The predicted molar refractivity (Wildman–Crippen MR) is 131 cm³/mol. The fraction of sp³-hybridized carbons (Fsp3) is 0.542. The molecule has 1 heterocycles. The van der Waals surface area contributed by atoms with Crippen molar-refractivity contribution in [3.63, 3.8) is 0 Å². The van der Waals surface area contributed by atoms with Gasteiger partial charge in [0, 0.05) is 18.5 Å². The first-order chi connectivity index (χ1) is 15.8. The van der Waals surface area contributed by atoms with Crippen molar-refractivity contribution in [2.75, 3.05) is 11.6 Å². The molecule has 10 heteroatoms. The van der Waals surface area contributed by atoms with Gasteiger partial charge in [0.2, 0.25) is 5.91 Å². The van der Waals surface area contributed by atoms with Crippen LogP contribution in [-0.2, 0) is 30.7 Å². The Morgan fingerprint density at radius 1 is 1.24 bits per heavy atom. The van der Waals surface area contributed by atoms with E-state index in [1.807, 2.05) is 0 Å². The highest BCUT2D eigenvalue weighted by Crippen LogP contribution is 2.36. The van der Waals surface area contributed by atoms with E-state index in [9.17, 15) is 18.0 Å². The van der Waals surface area contributed by atoms with Crippen molar-refractivity contribution in [1.82, 2.24) is 9.78 Å². The number of carbonyl (C=O) groups excluding carboxylic acids is 2. The molecule has 2 aromatic rings. The highest BCUT2D eigenvalue weighted by molar-refractivity contribution is 7.90. The molecule has 0 spiro atoms. The van der Waals surface area contributed by atoms with Crippen LogP contribution >= 0.6 is 11.6 Å². The minimum absolute atomic E-state index is 0.0406. The number of sulfone groups is 1. The lowest BCUT2D eigenvalue weighted by molar-refractivity contribution is -0.155. The fourth-order valence-corrected chi connectivity index (χ4v) is 5.58. The predicted octanol–water partition coefficient (Wildman–Crippen LogP) is 4.58. The minimum atomic E-state index is -3.47. The molecule has 34 heavy (non-hydrogen) atoms. The van der Waals surface area contributed by atoms with Crippen LogP contribution in [0.2, 0.25) is 5.02 Å². The first kappa shape index (κ1) is 26.2. The maximum atomic E-state index is 13.3. The van der Waals surface area contributed by atoms with Gasteiger partial charge in [0.05, 0.1) is 15.8 Å². The maximum Gasteiger partial charge on any atom is 0.328 e. The van der Waals surface area contributed by atoms with Crippen LogP contribution in [0.5, 0.6) is 0 Å². The van der Waals surface area contributed by atoms with Gasteiger partial charge in [0.1, 0.15) is 12.1 Å². The zero-order valence-electron chi connectivity index (χ0n) is 20.0. The summed E-state index contributed by atoms with van der Waals surface area (Å²) in [6.45, 7) is 5.30. The topological polar surface area (TPSA) is 107 Å². The molecule has 0 saturated heterocycles. The van der Waals surface area contributed by atoms with E-state index >= 15 is 0 Å². The summed E-state index contributed by atoms with van der Waals surface area (Å²) < 4.78 is 30.6. The second-order valence-corrected chi connectivity index (χ2v) is 12.3. The second kappa shape index (κ2) is 10.5. The zero-order valence-corrected chi connectivity index (χ0v) is 21.6. The van der Waals surface area contributed by atoms with Crippen molar-refractivity contribution >= 4 is 39.1 Å². The number of nitrogens with one attached hydrogen (secondary N) is 1. The number of nitrogens with zero attached hydrogens (tertiary/aromatic N) is 2. The van der Waals surface area contributed by atoms with Gasteiger partial charge < -0.3 is 10.1 Å². The number of hydrogen-bond acceptors (Lipinski definition) is 6. The number of rotatable bonds is 8. The SMILES string of the molecule is CC(C)(C)OC(=O)Cn1ccc(NC(=O)[C@H](CC2CCCC2)c2ccc(S(C)(=O)=O)c(Cl)c2)n1. The van der Waals surface area contributed by atoms with E-state index in [0.29, 0.717) is 23.7 Å². The molecule has 1 aromatic heterocycles. The summed E-state index contributed by atoms with van der Waals surface area (Å²) in [7, 11) is -3.47. The molecule has 1 fully saturated rings. The van der Waals surface area contributed by atoms with Gasteiger partial charge in [-0.25, -0.2) is 8.42 Å². The molecular weight excluding hydrogens is 478 g/mol. The third-order valence-corrected chi connectivity index (χ3v) is 7.30. The molecule has 0 radical (unpaired) electrons. The van der Waals surface area contributed by atoms with Crippen LogP contribution in [0.25, 0.3) is 0 Å². The van der Waals surface area contributed by atoms with Gasteiger partial charge in [-0.3, -0.25) is 14.3 Å². The molecule has 0 bridgehead atoms. The van der Waals surface area contributed by atoms with Crippen LogP contribution in [0.4, 0.5) is 5.82 Å². The highest BCUT2D eigenvalue weighted by atomic mass is 35.5. The number of esters is 1. The van der Waals surface area contributed by atoms with E-state index in [-0.39, 0.29) is 22.4 Å². The van der Waals surface area contributed by atoms with Crippen molar-refractivity contribution < 1.29 is 22.7 Å². The Morgan fingerprint density at radius 2 is 1.91 bits per heavy atom. The third kappa shape index (κ3) is 7.30. The Kier molecular flexibility index (Phi) is 8.08. The number of amides is 1. The van der Waals surface area contributed by atoms with Crippen LogP contribution < -0.4 is 5.32 Å². The molecule has 1 atom stereocenters. The van der Waals surface area contributed by atoms with Gasteiger partial charge in [0.25, 0.3) is 0 Å². The van der Waals surface area contributed by atoms with E-state index in [2.05, 4.69) is 10.4 Å². The summed E-state index contributed by atoms with van der Waals surface area (Å²) in [5, 5.41) is 7.21. The molecule has 3 rings (SSSR count). The average Bonchev–Trinajstić information content (AvgIpc) is 3.35. The monoisotopic (exact) mass is 509 g/mol. The Bertz CT molecular complexity index is 1150. The standard InChI is InChI=1S/C24H32ClN3O5S/c1-24(2,3)33-22(29)15-28-12-11-21(27-28)26-23(30)18(13-16-7-5-6-8-16)17-9-10-20(19(25)14-17)34(4,31)32/h9-12,14,16,18H,5-8,13,15H2,1-4H3,(H,26,27,30)/t18-/m1/s1. The molecule has 0 aliphatic heterocycles. The summed E-state index contributed by atoms with van der Waals surface area (Å²) in [5.41, 5.74) is 0.0675. The molecular formula is C24H32ClN3O5S. The lowest BCUT2D eigenvalue weighted by Gasteiger charge is -2.21. The fourth-order valence-electron chi connectivity index (χ4n) is 4.24. The zero-order chi connectivity index (χ0) is 25.1. The summed E-state index contributed by atoms with van der Waals surface area (Å²) in [6.07, 6.45) is 7.74. The Hall–Kier alpha value is -2.39. The Morgan fingerprint density at radius 3 is 2.50 bits per heavy atom. The van der Waals surface area contributed by atoms with Crippen molar-refractivity contribution in [2.45, 2.75) is 75.8 Å². The van der Waals surface area contributed by atoms with Gasteiger partial charge in [-0.05, 0) is 50.8 Å². The summed E-state index contributed by atoms with van der Waals surface area (Å²) >= 11 is 6.27. The smallest absolute Gasteiger partial charge is 0.328 e. The maximum absolute atomic E-state index is 13.3. The van der Waals surface area contributed by atoms with Gasteiger partial charge in [-0.15, -0.1) is 0 Å². The van der Waals surface area contributed by atoms with Crippen molar-refractivity contribution in [1.29, 1.82) is 0 Å². The second-order valence-electron chi connectivity index (χ2n) is 9.88. The highest BCUT2D eigenvalue weighted by Gasteiger charge is 2.28. The first-order valence-electron chi connectivity index (χ1n) is 11.4. The molecule has 1 aliphatic carbocycles. The molecule has 0 unspecified atom stereocenters. The number of halogens is 1. The summed E-state index contributed by atoms with van der Waals surface area (Å²) in [4.78, 5) is 25.4. The Balaban J connectivity index is 1.77. The van der Waals surface area contributed by atoms with E-state index < -0.39 is 27.3 Å². The minimum Gasteiger partial charge on any atom is -0.459 e. The van der Waals surface area contributed by atoms with Gasteiger partial charge >= 0.3 is 5.97 Å². The van der Waals surface area contributed by atoms with Crippen LogP contribution in [0.15, 0.2) is 35.4 Å². The lowest BCUT2D eigenvalue weighted by atomic mass is 9.87. The molecule has 1 amide bonds. The van der Waals surface area contributed by atoms with E-state index in [4.69, 9.17) is 16.3 Å². The van der Waals surface area contributed by atoms with Crippen molar-refractivity contribution in [3.8, 4) is 0 Å². The number of carbonyl (C=O) groups is 2. The normalized spacial score (nSPS) is 15.8. The first-order valence-corrected chi connectivity index (χ1v) is 13.6. The van der Waals surface area contributed by atoms with Crippen LogP contribution in [0.3, 0.4) is 0 Å². The molecule has 8 nitrogen and oxygen atoms in total.